The molecule has 9 nitrogen and oxygen atoms in total. The first-order valence-electron chi connectivity index (χ1n) is 12.9. The number of amides is 2. The van der Waals surface area contributed by atoms with Gasteiger partial charge in [-0.2, -0.15) is 0 Å². The number of nitrogens with one attached hydrogen (secondary N) is 1. The zero-order chi connectivity index (χ0) is 29.4. The van der Waals surface area contributed by atoms with Gasteiger partial charge in [0.15, 0.2) is 11.5 Å². The minimum Gasteiger partial charge on any atom is -0.493 e. The molecule has 0 saturated heterocycles. The molecule has 0 bridgehead atoms. The highest BCUT2D eigenvalue weighted by Crippen LogP contribution is 2.37. The lowest BCUT2D eigenvalue weighted by Gasteiger charge is -2.41. The number of aldehydes is 1. The molecule has 2 aromatic carbocycles. The maximum atomic E-state index is 13.8. The van der Waals surface area contributed by atoms with E-state index in [1.165, 1.54) is 36.3 Å². The number of halogens is 2. The van der Waals surface area contributed by atoms with E-state index in [-0.39, 0.29) is 54.9 Å². The second kappa shape index (κ2) is 14.6. The van der Waals surface area contributed by atoms with Crippen LogP contribution in [-0.2, 0) is 16.0 Å². The average molecular weight is 669 g/mol. The van der Waals surface area contributed by atoms with E-state index in [1.807, 2.05) is 22.6 Å². The first kappa shape index (κ1) is 31.5. The maximum absolute atomic E-state index is 13.8. The van der Waals surface area contributed by atoms with Gasteiger partial charge in [0.2, 0.25) is 11.8 Å². The normalized spacial score (nSPS) is 18.6. The summed E-state index contributed by atoms with van der Waals surface area (Å²) in [6.07, 6.45) is 0.252. The molecular formula is C29H34FIN2O7. The molecule has 3 rings (SSSR count). The number of ether oxygens (including phenoxy) is 2. The highest BCUT2D eigenvalue weighted by atomic mass is 127. The van der Waals surface area contributed by atoms with Crippen molar-refractivity contribution in [2.45, 2.75) is 44.9 Å². The van der Waals surface area contributed by atoms with Crippen molar-refractivity contribution in [3.8, 4) is 11.5 Å². The van der Waals surface area contributed by atoms with Crippen LogP contribution in [0.4, 0.5) is 4.39 Å². The van der Waals surface area contributed by atoms with E-state index in [0.717, 1.165) is 0 Å². The molecule has 0 heterocycles. The fourth-order valence-electron chi connectivity index (χ4n) is 4.55. The van der Waals surface area contributed by atoms with Crippen LogP contribution >= 0.6 is 22.6 Å². The van der Waals surface area contributed by atoms with Crippen LogP contribution in [0.2, 0.25) is 0 Å². The van der Waals surface area contributed by atoms with E-state index in [9.17, 15) is 29.0 Å². The Balaban J connectivity index is 2.00. The predicted octanol–water partition coefficient (Wildman–Crippen LogP) is 2.89. The molecular weight excluding hydrogens is 634 g/mol. The summed E-state index contributed by atoms with van der Waals surface area (Å²) >= 11 is 1.99. The molecule has 0 saturated carbocycles. The SMILES string of the molecule is COc1cc(C=O)cc(I)c1O[C@H]1C=C(C(=O)NCCO)C[C@@H](N(CCc2cccc(F)c2)C(=O)C(C)C)[C@@H]1O. The van der Waals surface area contributed by atoms with Gasteiger partial charge in [-0.25, -0.2) is 4.39 Å². The average Bonchev–Trinajstić information content (AvgIpc) is 2.93. The Kier molecular flexibility index (Phi) is 11.5. The largest absolute Gasteiger partial charge is 0.493 e. The third-order valence-electron chi connectivity index (χ3n) is 6.56. The van der Waals surface area contributed by atoms with Gasteiger partial charge in [0.05, 0.1) is 23.3 Å². The summed E-state index contributed by atoms with van der Waals surface area (Å²) in [5.74, 6) is -0.956. The monoisotopic (exact) mass is 668 g/mol. The summed E-state index contributed by atoms with van der Waals surface area (Å²) < 4.78 is 26.0. The number of carbonyl (C=O) groups is 3. The summed E-state index contributed by atoms with van der Waals surface area (Å²) in [5, 5.41) is 23.4. The van der Waals surface area contributed by atoms with Gasteiger partial charge in [-0.15, -0.1) is 0 Å². The van der Waals surface area contributed by atoms with E-state index in [2.05, 4.69) is 5.32 Å². The van der Waals surface area contributed by atoms with Gasteiger partial charge in [0.1, 0.15) is 24.3 Å². The van der Waals surface area contributed by atoms with Crippen molar-refractivity contribution in [3.63, 3.8) is 0 Å². The summed E-state index contributed by atoms with van der Waals surface area (Å²) in [5.41, 5.74) is 1.34. The number of aliphatic hydroxyl groups excluding tert-OH is 2. The summed E-state index contributed by atoms with van der Waals surface area (Å²) in [7, 11) is 1.42. The van der Waals surface area contributed by atoms with Gasteiger partial charge < -0.3 is 29.9 Å². The number of nitrogens with zero attached hydrogens (tertiary/aromatic N) is 1. The topological polar surface area (TPSA) is 125 Å². The van der Waals surface area contributed by atoms with Crippen molar-refractivity contribution in [2.24, 2.45) is 5.92 Å². The Morgan fingerprint density at radius 2 is 2.02 bits per heavy atom. The number of methoxy groups -OCH3 is 1. The van der Waals surface area contributed by atoms with Crippen molar-refractivity contribution < 1.29 is 38.5 Å². The smallest absolute Gasteiger partial charge is 0.247 e. The number of benzene rings is 2. The van der Waals surface area contributed by atoms with Crippen LogP contribution in [0.15, 0.2) is 48.0 Å². The molecule has 3 N–H and O–H groups in total. The Hall–Kier alpha value is -3.03. The molecule has 0 aliphatic heterocycles. The standard InChI is InChI=1S/C29H34FIN2O7/c1-17(2)29(38)33(9-7-18-5-4-6-21(30)11-18)23-14-20(28(37)32-8-10-34)15-24(26(23)36)40-27-22(31)12-19(16-35)13-25(27)39-3/h4-6,11-13,15-17,23-24,26,34,36H,7-10,14H2,1-3H3,(H,32,37)/t23-,24+,26+/m1/s1. The highest BCUT2D eigenvalue weighted by Gasteiger charge is 2.41. The quantitative estimate of drug-likeness (QED) is 0.235. The van der Waals surface area contributed by atoms with E-state index < -0.39 is 30.1 Å². The highest BCUT2D eigenvalue weighted by molar-refractivity contribution is 14.1. The molecule has 11 heteroatoms. The van der Waals surface area contributed by atoms with Gasteiger partial charge >= 0.3 is 0 Å². The van der Waals surface area contributed by atoms with Gasteiger partial charge in [0.25, 0.3) is 0 Å². The minimum absolute atomic E-state index is 0.0298. The van der Waals surface area contributed by atoms with Crippen molar-refractivity contribution in [2.75, 3.05) is 26.8 Å². The summed E-state index contributed by atoms with van der Waals surface area (Å²) in [6.45, 7) is 3.44. The Morgan fingerprint density at radius 1 is 1.27 bits per heavy atom. The van der Waals surface area contributed by atoms with Crippen molar-refractivity contribution >= 4 is 40.7 Å². The van der Waals surface area contributed by atoms with Crippen LogP contribution in [0.3, 0.4) is 0 Å². The predicted molar refractivity (Wildman–Crippen MR) is 155 cm³/mol. The Morgan fingerprint density at radius 3 is 2.65 bits per heavy atom. The zero-order valence-corrected chi connectivity index (χ0v) is 24.8. The first-order valence-corrected chi connectivity index (χ1v) is 14.0. The van der Waals surface area contributed by atoms with Crippen molar-refractivity contribution in [3.05, 3.63) is 68.6 Å². The fraction of sp³-hybridized carbons (Fsp3) is 0.414. The molecule has 40 heavy (non-hydrogen) atoms. The van der Waals surface area contributed by atoms with Crippen LogP contribution in [0.5, 0.6) is 11.5 Å². The lowest BCUT2D eigenvalue weighted by molar-refractivity contribution is -0.141. The lowest BCUT2D eigenvalue weighted by atomic mass is 9.87. The maximum Gasteiger partial charge on any atom is 0.247 e. The number of aliphatic hydroxyl groups is 2. The van der Waals surface area contributed by atoms with E-state index >= 15 is 0 Å². The van der Waals surface area contributed by atoms with Crippen molar-refractivity contribution in [1.82, 2.24) is 10.2 Å². The fourth-order valence-corrected chi connectivity index (χ4v) is 5.30. The molecule has 1 aliphatic carbocycles. The molecule has 0 radical (unpaired) electrons. The van der Waals surface area contributed by atoms with Crippen molar-refractivity contribution in [1.29, 1.82) is 0 Å². The third kappa shape index (κ3) is 7.79. The molecule has 0 spiro atoms. The minimum atomic E-state index is -1.24. The summed E-state index contributed by atoms with van der Waals surface area (Å²) in [6, 6.07) is 8.35. The van der Waals surface area contributed by atoms with Crippen LogP contribution in [0, 0.1) is 15.3 Å². The number of carbonyl (C=O) groups excluding carboxylic acids is 3. The molecule has 0 aromatic heterocycles. The Labute approximate surface area is 246 Å². The van der Waals surface area contributed by atoms with Crippen LogP contribution < -0.4 is 14.8 Å². The second-order valence-electron chi connectivity index (χ2n) is 9.73. The molecule has 216 valence electrons. The molecule has 0 fully saturated rings. The van der Waals surface area contributed by atoms with E-state index in [4.69, 9.17) is 9.47 Å². The van der Waals surface area contributed by atoms with Gasteiger partial charge in [0, 0.05) is 36.6 Å². The molecule has 0 unspecified atom stereocenters. The molecule has 2 amide bonds. The van der Waals surface area contributed by atoms with Gasteiger partial charge in [-0.1, -0.05) is 26.0 Å². The molecule has 3 atom stereocenters. The third-order valence-corrected chi connectivity index (χ3v) is 7.37. The second-order valence-corrected chi connectivity index (χ2v) is 10.9. The van der Waals surface area contributed by atoms with Gasteiger partial charge in [-0.05, 0) is 64.9 Å². The summed E-state index contributed by atoms with van der Waals surface area (Å²) in [4.78, 5) is 39.3. The number of rotatable bonds is 12. The zero-order valence-electron chi connectivity index (χ0n) is 22.6. The van der Waals surface area contributed by atoms with Crippen LogP contribution in [0.25, 0.3) is 0 Å². The molecule has 1 aliphatic rings. The van der Waals surface area contributed by atoms with E-state index in [1.54, 1.807) is 32.0 Å². The number of hydrogen-bond donors (Lipinski definition) is 3. The number of hydrogen-bond acceptors (Lipinski definition) is 7. The van der Waals surface area contributed by atoms with Gasteiger partial charge in [-0.3, -0.25) is 14.4 Å². The first-order chi connectivity index (χ1) is 19.1. The van der Waals surface area contributed by atoms with Crippen LogP contribution in [0.1, 0.15) is 36.2 Å². The van der Waals surface area contributed by atoms with Crippen LogP contribution in [-0.4, -0.2) is 78.3 Å². The Bertz CT molecular complexity index is 1250. The lowest BCUT2D eigenvalue weighted by Crippen LogP contribution is -2.56. The van der Waals surface area contributed by atoms with E-state index in [0.29, 0.717) is 27.4 Å². The molecule has 2 aromatic rings.